The summed E-state index contributed by atoms with van der Waals surface area (Å²) in [6.07, 6.45) is -0.860. The molecule has 2 rings (SSSR count). The normalized spacial score (nSPS) is 12.9. The molecule has 0 aliphatic heterocycles. The van der Waals surface area contributed by atoms with E-state index in [0.717, 1.165) is 18.2 Å². The van der Waals surface area contributed by atoms with Gasteiger partial charge in [-0.1, -0.05) is 18.2 Å². The number of nitro groups is 1. The number of rotatable bonds is 7. The van der Waals surface area contributed by atoms with Gasteiger partial charge in [-0.25, -0.2) is 13.2 Å². The van der Waals surface area contributed by atoms with E-state index in [-0.39, 0.29) is 5.69 Å². The van der Waals surface area contributed by atoms with Crippen molar-refractivity contribution >= 4 is 17.6 Å². The molecule has 2 N–H and O–H groups in total. The minimum Gasteiger partial charge on any atom is -0.480 e. The molecule has 7 nitrogen and oxygen atoms in total. The lowest BCUT2D eigenvalue weighted by molar-refractivity contribution is -0.481. The van der Waals surface area contributed by atoms with Crippen LogP contribution in [0.4, 0.5) is 18.9 Å². The Labute approximate surface area is 150 Å². The van der Waals surface area contributed by atoms with Crippen molar-refractivity contribution in [1.29, 1.82) is 0 Å². The van der Waals surface area contributed by atoms with Gasteiger partial charge in [-0.2, -0.15) is 0 Å². The number of anilines is 1. The fraction of sp³-hybridized carbons (Fsp3) is 0.176. The van der Waals surface area contributed by atoms with Crippen molar-refractivity contribution in [3.8, 4) is 0 Å². The Hall–Kier alpha value is -3.43. The van der Waals surface area contributed by atoms with Gasteiger partial charge in [-0.3, -0.25) is 19.7 Å². The summed E-state index contributed by atoms with van der Waals surface area (Å²) in [4.78, 5) is 34.6. The van der Waals surface area contributed by atoms with Crippen LogP contribution in [0.15, 0.2) is 42.5 Å². The molecular weight excluding hydrogens is 369 g/mol. The van der Waals surface area contributed by atoms with Crippen molar-refractivity contribution in [2.24, 2.45) is 0 Å². The molecular formula is C17H13F3N2O5. The first kappa shape index (κ1) is 19.9. The zero-order valence-corrected chi connectivity index (χ0v) is 13.6. The van der Waals surface area contributed by atoms with Crippen LogP contribution in [0.1, 0.15) is 12.0 Å². The molecule has 1 atom stereocenters. The van der Waals surface area contributed by atoms with Gasteiger partial charge in [-0.15, -0.1) is 0 Å². The van der Waals surface area contributed by atoms with E-state index < -0.39 is 58.2 Å². The molecule has 1 amide bonds. The second kappa shape index (κ2) is 7.85. The van der Waals surface area contributed by atoms with Gasteiger partial charge in [0.2, 0.25) is 12.5 Å². The lowest BCUT2D eigenvalue weighted by Gasteiger charge is -2.27. The number of carbonyl (C=O) groups is 2. The van der Waals surface area contributed by atoms with Crippen LogP contribution < -0.4 is 5.32 Å². The minimum atomic E-state index is -2.64. The summed E-state index contributed by atoms with van der Waals surface area (Å²) in [5.74, 6) is -6.75. The van der Waals surface area contributed by atoms with Gasteiger partial charge in [0.25, 0.3) is 0 Å². The lowest BCUT2D eigenvalue weighted by Crippen LogP contribution is -2.48. The first-order valence-corrected chi connectivity index (χ1v) is 7.55. The van der Waals surface area contributed by atoms with E-state index in [1.165, 1.54) is 12.1 Å². The largest absolute Gasteiger partial charge is 0.480 e. The Morgan fingerprint density at radius 2 is 1.74 bits per heavy atom. The molecule has 0 radical (unpaired) electrons. The summed E-state index contributed by atoms with van der Waals surface area (Å²) in [7, 11) is 0. The molecule has 0 bridgehead atoms. The van der Waals surface area contributed by atoms with Crippen molar-refractivity contribution in [1.82, 2.24) is 0 Å². The molecule has 0 fully saturated rings. The second-order valence-corrected chi connectivity index (χ2v) is 5.58. The number of hydrogen-bond acceptors (Lipinski definition) is 4. The molecule has 0 saturated heterocycles. The third-order valence-corrected chi connectivity index (χ3v) is 3.96. The number of hydrogen-bond donors (Lipinski definition) is 2. The maximum Gasteiger partial charge on any atom is 0.324 e. The zero-order valence-electron chi connectivity index (χ0n) is 13.6. The molecule has 0 spiro atoms. The van der Waals surface area contributed by atoms with Crippen molar-refractivity contribution in [2.75, 3.05) is 11.9 Å². The average Bonchev–Trinajstić information content (AvgIpc) is 2.60. The molecule has 1 unspecified atom stereocenters. The molecule has 142 valence electrons. The van der Waals surface area contributed by atoms with E-state index in [9.17, 15) is 38.0 Å². The number of aliphatic carboxylic acids is 1. The Kier molecular flexibility index (Phi) is 5.78. The molecule has 27 heavy (non-hydrogen) atoms. The third kappa shape index (κ3) is 4.05. The molecule has 2 aromatic carbocycles. The highest BCUT2D eigenvalue weighted by atomic mass is 19.2. The van der Waals surface area contributed by atoms with E-state index in [4.69, 9.17) is 0 Å². The lowest BCUT2D eigenvalue weighted by atomic mass is 9.76. The fourth-order valence-electron chi connectivity index (χ4n) is 2.53. The van der Waals surface area contributed by atoms with E-state index in [2.05, 4.69) is 5.32 Å². The number of halogens is 3. The summed E-state index contributed by atoms with van der Waals surface area (Å²) in [6, 6.07) is 6.78. The van der Waals surface area contributed by atoms with Crippen LogP contribution in [0.3, 0.4) is 0 Å². The number of amides is 1. The van der Waals surface area contributed by atoms with E-state index in [0.29, 0.717) is 12.1 Å². The number of benzene rings is 2. The maximum absolute atomic E-state index is 13.8. The van der Waals surface area contributed by atoms with Gasteiger partial charge in [0.1, 0.15) is 5.82 Å². The molecule has 0 aromatic heterocycles. The summed E-state index contributed by atoms with van der Waals surface area (Å²) in [6.45, 7) is -0.948. The maximum atomic E-state index is 13.8. The van der Waals surface area contributed by atoms with Crippen LogP contribution in [-0.4, -0.2) is 28.5 Å². The highest BCUT2D eigenvalue weighted by Gasteiger charge is 2.49. The standard InChI is InChI=1S/C17H13F3N2O5/c18-11-6-5-10(9-13(11)20)17(16(24)25,7-8-22(26)27)15(23)21-14-4-2-1-3-12(14)19/h1-6,9H,7-8H2,(H,21,23)(H,24,25). The van der Waals surface area contributed by atoms with Crippen LogP contribution in [0.2, 0.25) is 0 Å². The van der Waals surface area contributed by atoms with Crippen molar-refractivity contribution in [3.63, 3.8) is 0 Å². The van der Waals surface area contributed by atoms with Crippen LogP contribution in [0.25, 0.3) is 0 Å². The van der Waals surface area contributed by atoms with Crippen LogP contribution in [0, 0.1) is 27.6 Å². The zero-order chi connectivity index (χ0) is 20.2. The topological polar surface area (TPSA) is 110 Å². The molecule has 10 heteroatoms. The van der Waals surface area contributed by atoms with E-state index in [1.54, 1.807) is 0 Å². The molecule has 0 aliphatic carbocycles. The van der Waals surface area contributed by atoms with Gasteiger partial charge < -0.3 is 10.4 Å². The summed E-state index contributed by atoms with van der Waals surface area (Å²) in [5, 5.41) is 22.5. The number of nitrogens with one attached hydrogen (secondary N) is 1. The average molecular weight is 382 g/mol. The highest BCUT2D eigenvalue weighted by Crippen LogP contribution is 2.32. The van der Waals surface area contributed by atoms with Gasteiger partial charge in [0.15, 0.2) is 17.0 Å². The van der Waals surface area contributed by atoms with E-state index in [1.807, 2.05) is 0 Å². The van der Waals surface area contributed by atoms with Crippen molar-refractivity contribution in [2.45, 2.75) is 11.8 Å². The van der Waals surface area contributed by atoms with Gasteiger partial charge in [0.05, 0.1) is 5.69 Å². The number of para-hydroxylation sites is 1. The van der Waals surface area contributed by atoms with Crippen LogP contribution in [-0.2, 0) is 15.0 Å². The fourth-order valence-corrected chi connectivity index (χ4v) is 2.53. The van der Waals surface area contributed by atoms with Crippen molar-refractivity contribution < 1.29 is 32.8 Å². The Bertz CT molecular complexity index is 906. The number of carboxylic acids is 1. The number of carboxylic acid groups (broad SMARTS) is 1. The predicted octanol–water partition coefficient (Wildman–Crippen LogP) is 2.73. The minimum absolute atomic E-state index is 0.364. The molecule has 2 aromatic rings. The van der Waals surface area contributed by atoms with Gasteiger partial charge in [-0.05, 0) is 29.8 Å². The van der Waals surface area contributed by atoms with E-state index >= 15 is 0 Å². The Morgan fingerprint density at radius 1 is 1.07 bits per heavy atom. The van der Waals surface area contributed by atoms with Crippen molar-refractivity contribution in [3.05, 3.63) is 75.6 Å². The monoisotopic (exact) mass is 382 g/mol. The first-order valence-electron chi connectivity index (χ1n) is 7.55. The Morgan fingerprint density at radius 3 is 2.30 bits per heavy atom. The third-order valence-electron chi connectivity index (χ3n) is 3.96. The number of nitrogens with zero attached hydrogens (tertiary/aromatic N) is 1. The smallest absolute Gasteiger partial charge is 0.324 e. The second-order valence-electron chi connectivity index (χ2n) is 5.58. The molecule has 0 aliphatic rings. The SMILES string of the molecule is O=C(O)C(CC[N+](=O)[O-])(C(=O)Nc1ccccc1F)c1ccc(F)c(F)c1. The van der Waals surface area contributed by atoms with Gasteiger partial charge in [0, 0.05) is 11.3 Å². The first-order chi connectivity index (χ1) is 12.7. The summed E-state index contributed by atoms with van der Waals surface area (Å²) < 4.78 is 40.6. The predicted molar refractivity (Wildman–Crippen MR) is 87.2 cm³/mol. The molecule has 0 saturated carbocycles. The Balaban J connectivity index is 2.57. The van der Waals surface area contributed by atoms with Crippen LogP contribution >= 0.6 is 0 Å². The highest BCUT2D eigenvalue weighted by molar-refractivity contribution is 6.13. The van der Waals surface area contributed by atoms with Gasteiger partial charge >= 0.3 is 5.97 Å². The molecule has 0 heterocycles. The summed E-state index contributed by atoms with van der Waals surface area (Å²) >= 11 is 0. The summed E-state index contributed by atoms with van der Waals surface area (Å²) in [5.41, 5.74) is -3.51. The quantitative estimate of drug-likeness (QED) is 0.435. The number of carbonyl (C=O) groups excluding carboxylic acids is 1. The van der Waals surface area contributed by atoms with Crippen LogP contribution in [0.5, 0.6) is 0 Å².